The van der Waals surface area contributed by atoms with Crippen molar-refractivity contribution in [3.05, 3.63) is 0 Å². The molecule has 0 spiro atoms. The first kappa shape index (κ1) is 8.51. The molecule has 1 aliphatic rings. The van der Waals surface area contributed by atoms with Gasteiger partial charge in [-0.2, -0.15) is 5.26 Å². The maximum atomic E-state index is 8.69. The van der Waals surface area contributed by atoms with Crippen LogP contribution in [0.4, 0.5) is 0 Å². The first-order chi connectivity index (χ1) is 5.38. The predicted molar refractivity (Wildman–Crippen MR) is 41.9 cm³/mol. The Hall–Kier alpha value is -0.590. The van der Waals surface area contributed by atoms with Gasteiger partial charge in [0, 0.05) is 25.6 Å². The predicted octanol–water partition coefficient (Wildman–Crippen LogP) is 0.357. The summed E-state index contributed by atoms with van der Waals surface area (Å²) in [4.78, 5) is 2.20. The van der Waals surface area contributed by atoms with Gasteiger partial charge in [-0.1, -0.05) is 0 Å². The molecule has 0 aromatic heterocycles. The Labute approximate surface area is 67.2 Å². The Morgan fingerprint density at radius 2 is 2.18 bits per heavy atom. The Bertz CT molecular complexity index is 149. The summed E-state index contributed by atoms with van der Waals surface area (Å²) in [5.74, 6) is 0. The van der Waals surface area contributed by atoms with Crippen LogP contribution in [0.3, 0.4) is 0 Å². The fourth-order valence-electron chi connectivity index (χ4n) is 1.24. The van der Waals surface area contributed by atoms with Gasteiger partial charge in [0.05, 0.1) is 12.7 Å². The third kappa shape index (κ3) is 2.87. The minimum absolute atomic E-state index is 0.210. The van der Waals surface area contributed by atoms with Crippen molar-refractivity contribution in [3.63, 3.8) is 0 Å². The van der Waals surface area contributed by atoms with Crippen LogP contribution < -0.4 is 0 Å². The van der Waals surface area contributed by atoms with Crippen molar-refractivity contribution in [1.82, 2.24) is 4.90 Å². The third-order valence-electron chi connectivity index (χ3n) is 1.96. The smallest absolute Gasteiger partial charge is 0.0635 e. The molecule has 0 heterocycles. The molecule has 0 amide bonds. The van der Waals surface area contributed by atoms with Gasteiger partial charge in [0.2, 0.25) is 0 Å². The van der Waals surface area contributed by atoms with E-state index in [1.54, 1.807) is 0 Å². The highest BCUT2D eigenvalue weighted by molar-refractivity contribution is 4.86. The van der Waals surface area contributed by atoms with Crippen LogP contribution in [0.5, 0.6) is 0 Å². The molecule has 1 fully saturated rings. The molecule has 1 saturated carbocycles. The molecule has 0 unspecified atom stereocenters. The van der Waals surface area contributed by atoms with E-state index in [9.17, 15) is 0 Å². The average Bonchev–Trinajstić information content (AvgIpc) is 2.80. The summed E-state index contributed by atoms with van der Waals surface area (Å²) >= 11 is 0. The summed E-state index contributed by atoms with van der Waals surface area (Å²) in [5, 5.41) is 17.0. The zero-order chi connectivity index (χ0) is 8.10. The highest BCUT2D eigenvalue weighted by Crippen LogP contribution is 2.26. The van der Waals surface area contributed by atoms with Gasteiger partial charge in [-0.15, -0.1) is 0 Å². The van der Waals surface area contributed by atoms with Crippen LogP contribution in [0, 0.1) is 11.3 Å². The summed E-state index contributed by atoms with van der Waals surface area (Å²) < 4.78 is 0. The second-order valence-electron chi connectivity index (χ2n) is 2.90. The van der Waals surface area contributed by atoms with E-state index in [2.05, 4.69) is 11.0 Å². The van der Waals surface area contributed by atoms with Crippen molar-refractivity contribution < 1.29 is 5.11 Å². The first-order valence-electron chi connectivity index (χ1n) is 4.10. The van der Waals surface area contributed by atoms with Gasteiger partial charge >= 0.3 is 0 Å². The van der Waals surface area contributed by atoms with Gasteiger partial charge in [0.1, 0.15) is 0 Å². The molecular formula is C8H14N2O. The quantitative estimate of drug-likeness (QED) is 0.622. The van der Waals surface area contributed by atoms with E-state index in [0.29, 0.717) is 12.5 Å². The molecule has 1 N–H and O–H groups in total. The minimum atomic E-state index is 0.210. The molecule has 0 aliphatic heterocycles. The number of rotatable bonds is 5. The van der Waals surface area contributed by atoms with Crippen LogP contribution in [-0.2, 0) is 0 Å². The summed E-state index contributed by atoms with van der Waals surface area (Å²) in [5.41, 5.74) is 0. The molecule has 0 atom stereocenters. The maximum absolute atomic E-state index is 8.69. The van der Waals surface area contributed by atoms with E-state index in [1.165, 1.54) is 12.8 Å². The van der Waals surface area contributed by atoms with Crippen LogP contribution in [0.2, 0.25) is 0 Å². The van der Waals surface area contributed by atoms with E-state index in [-0.39, 0.29) is 6.61 Å². The number of hydrogen-bond acceptors (Lipinski definition) is 3. The Balaban J connectivity index is 2.16. The average molecular weight is 154 g/mol. The molecule has 0 aromatic carbocycles. The number of aliphatic hydroxyl groups excluding tert-OH is 1. The summed E-state index contributed by atoms with van der Waals surface area (Å²) in [6, 6.07) is 2.78. The molecule has 11 heavy (non-hydrogen) atoms. The molecule has 1 aliphatic carbocycles. The van der Waals surface area contributed by atoms with Crippen LogP contribution in [-0.4, -0.2) is 35.7 Å². The minimum Gasteiger partial charge on any atom is -0.395 e. The zero-order valence-electron chi connectivity index (χ0n) is 6.66. The molecule has 0 bridgehead atoms. The molecule has 0 radical (unpaired) electrons. The zero-order valence-corrected chi connectivity index (χ0v) is 6.66. The number of hydrogen-bond donors (Lipinski definition) is 1. The van der Waals surface area contributed by atoms with E-state index in [0.717, 1.165) is 13.1 Å². The maximum Gasteiger partial charge on any atom is 0.0635 e. The molecule has 3 nitrogen and oxygen atoms in total. The largest absolute Gasteiger partial charge is 0.395 e. The molecule has 62 valence electrons. The first-order valence-corrected chi connectivity index (χ1v) is 4.10. The van der Waals surface area contributed by atoms with Crippen molar-refractivity contribution in [2.45, 2.75) is 25.3 Å². The van der Waals surface area contributed by atoms with Gasteiger partial charge in [-0.3, -0.25) is 4.90 Å². The summed E-state index contributed by atoms with van der Waals surface area (Å²) in [6.45, 7) is 1.76. The van der Waals surface area contributed by atoms with Gasteiger partial charge in [0.25, 0.3) is 0 Å². The molecule has 1 rings (SSSR count). The fraction of sp³-hybridized carbons (Fsp3) is 0.875. The third-order valence-corrected chi connectivity index (χ3v) is 1.96. The lowest BCUT2D eigenvalue weighted by atomic mass is 10.4. The van der Waals surface area contributed by atoms with Crippen LogP contribution in [0.25, 0.3) is 0 Å². The van der Waals surface area contributed by atoms with Crippen molar-refractivity contribution in [2.24, 2.45) is 0 Å². The van der Waals surface area contributed by atoms with Crippen molar-refractivity contribution in [1.29, 1.82) is 5.26 Å². The van der Waals surface area contributed by atoms with Crippen LogP contribution >= 0.6 is 0 Å². The lowest BCUT2D eigenvalue weighted by molar-refractivity contribution is 0.192. The fourth-order valence-corrected chi connectivity index (χ4v) is 1.24. The molecule has 0 saturated heterocycles. The highest BCUT2D eigenvalue weighted by Gasteiger charge is 2.27. The molecule has 3 heteroatoms. The SMILES string of the molecule is N#CCCN(CCO)C1CC1. The van der Waals surface area contributed by atoms with E-state index in [1.807, 2.05) is 0 Å². The van der Waals surface area contributed by atoms with E-state index >= 15 is 0 Å². The van der Waals surface area contributed by atoms with E-state index < -0.39 is 0 Å². The second-order valence-corrected chi connectivity index (χ2v) is 2.90. The second kappa shape index (κ2) is 4.32. The Morgan fingerprint density at radius 3 is 2.64 bits per heavy atom. The van der Waals surface area contributed by atoms with Gasteiger partial charge in [-0.25, -0.2) is 0 Å². The number of nitriles is 1. The molecule has 0 aromatic rings. The highest BCUT2D eigenvalue weighted by atomic mass is 16.3. The lowest BCUT2D eigenvalue weighted by Gasteiger charge is -2.18. The monoisotopic (exact) mass is 154 g/mol. The Kier molecular flexibility index (Phi) is 3.34. The van der Waals surface area contributed by atoms with Crippen molar-refractivity contribution in [2.75, 3.05) is 19.7 Å². The van der Waals surface area contributed by atoms with Gasteiger partial charge < -0.3 is 5.11 Å². The van der Waals surface area contributed by atoms with E-state index in [4.69, 9.17) is 10.4 Å². The van der Waals surface area contributed by atoms with Crippen LogP contribution in [0.15, 0.2) is 0 Å². The van der Waals surface area contributed by atoms with Gasteiger partial charge in [0.15, 0.2) is 0 Å². The summed E-state index contributed by atoms with van der Waals surface area (Å²) in [7, 11) is 0. The van der Waals surface area contributed by atoms with Crippen molar-refractivity contribution >= 4 is 0 Å². The summed E-state index contributed by atoms with van der Waals surface area (Å²) in [6.07, 6.45) is 3.06. The Morgan fingerprint density at radius 1 is 1.45 bits per heavy atom. The normalized spacial score (nSPS) is 16.8. The lowest BCUT2D eigenvalue weighted by Crippen LogP contribution is -2.29. The number of nitrogens with zero attached hydrogens (tertiary/aromatic N) is 2. The molecular weight excluding hydrogens is 140 g/mol. The standard InChI is InChI=1S/C8H14N2O/c9-4-1-5-10(6-7-11)8-2-3-8/h8,11H,1-3,5-7H2. The van der Waals surface area contributed by atoms with Gasteiger partial charge in [-0.05, 0) is 12.8 Å². The van der Waals surface area contributed by atoms with Crippen molar-refractivity contribution in [3.8, 4) is 6.07 Å². The number of aliphatic hydroxyl groups is 1. The van der Waals surface area contributed by atoms with Crippen LogP contribution in [0.1, 0.15) is 19.3 Å². The topological polar surface area (TPSA) is 47.3 Å².